The van der Waals surface area contributed by atoms with E-state index in [0.29, 0.717) is 46.3 Å². The molecule has 2 aromatic carbocycles. The van der Waals surface area contributed by atoms with Crippen LogP contribution in [0.4, 0.5) is 10.8 Å². The smallest absolute Gasteiger partial charge is 0.257 e. The van der Waals surface area contributed by atoms with Gasteiger partial charge < -0.3 is 14.4 Å². The molecule has 4 rings (SSSR count). The van der Waals surface area contributed by atoms with Crippen molar-refractivity contribution in [1.29, 1.82) is 0 Å². The van der Waals surface area contributed by atoms with Crippen molar-refractivity contribution in [2.75, 3.05) is 35.7 Å². The van der Waals surface area contributed by atoms with E-state index in [-0.39, 0.29) is 17.6 Å². The molecule has 0 aliphatic carbocycles. The number of carbonyl (C=O) groups excluding carboxylic acids is 2. The zero-order chi connectivity index (χ0) is 23.2. The highest BCUT2D eigenvalue weighted by Crippen LogP contribution is 2.31. The molecule has 3 aromatic rings. The summed E-state index contributed by atoms with van der Waals surface area (Å²) >= 11 is 2.55. The van der Waals surface area contributed by atoms with Crippen LogP contribution in [0.15, 0.2) is 46.8 Å². The highest BCUT2D eigenvalue weighted by Gasteiger charge is 2.24. The summed E-state index contributed by atoms with van der Waals surface area (Å²) in [6.45, 7) is 5.42. The molecule has 0 fully saturated rings. The third-order valence-corrected chi connectivity index (χ3v) is 6.90. The number of benzene rings is 2. The normalized spacial score (nSPS) is 12.4. The van der Waals surface area contributed by atoms with Crippen molar-refractivity contribution in [1.82, 2.24) is 10.2 Å². The molecule has 1 aliphatic rings. The van der Waals surface area contributed by atoms with Gasteiger partial charge in [-0.05, 0) is 50.1 Å². The van der Waals surface area contributed by atoms with E-state index in [0.717, 1.165) is 12.1 Å². The maximum absolute atomic E-state index is 12.7. The Morgan fingerprint density at radius 1 is 1.09 bits per heavy atom. The van der Waals surface area contributed by atoms with E-state index < -0.39 is 0 Å². The Labute approximate surface area is 200 Å². The highest BCUT2D eigenvalue weighted by atomic mass is 32.2. The quantitative estimate of drug-likeness (QED) is 0.358. The van der Waals surface area contributed by atoms with E-state index in [1.807, 2.05) is 36.9 Å². The zero-order valence-corrected chi connectivity index (χ0v) is 20.0. The number of anilines is 2. The van der Waals surface area contributed by atoms with Crippen LogP contribution in [-0.4, -0.2) is 47.5 Å². The van der Waals surface area contributed by atoms with Gasteiger partial charge in [0.2, 0.25) is 11.0 Å². The first kappa shape index (κ1) is 23.1. The Hall–Kier alpha value is -3.11. The molecule has 0 radical (unpaired) electrons. The summed E-state index contributed by atoms with van der Waals surface area (Å²) in [7, 11) is 0. The molecule has 0 atom stereocenters. The first-order valence-corrected chi connectivity index (χ1v) is 12.4. The van der Waals surface area contributed by atoms with Crippen LogP contribution in [0.25, 0.3) is 0 Å². The standard InChI is InChI=1S/C23H24N4O4S2/c1-3-30-18-10-9-16(13-19(18)31-4-2)21(29)24-22-25-26-23(33-22)32-14-20(28)27-12-11-15-7-5-6-8-17(15)27/h5-10,13H,3-4,11-12,14H2,1-2H3,(H,24,25,29). The van der Waals surface area contributed by atoms with Gasteiger partial charge in [0.25, 0.3) is 5.91 Å². The number of hydrogen-bond donors (Lipinski definition) is 1. The van der Waals surface area contributed by atoms with Crippen molar-refractivity contribution in [3.8, 4) is 11.5 Å². The number of rotatable bonds is 9. The van der Waals surface area contributed by atoms with Crippen molar-refractivity contribution in [2.45, 2.75) is 24.6 Å². The van der Waals surface area contributed by atoms with E-state index in [9.17, 15) is 9.59 Å². The van der Waals surface area contributed by atoms with Gasteiger partial charge in [-0.1, -0.05) is 41.3 Å². The molecule has 10 heteroatoms. The molecule has 2 heterocycles. The lowest BCUT2D eigenvalue weighted by atomic mass is 10.2. The molecule has 2 amide bonds. The number of ether oxygens (including phenoxy) is 2. The number of hydrogen-bond acceptors (Lipinski definition) is 8. The van der Waals surface area contributed by atoms with E-state index in [2.05, 4.69) is 21.6 Å². The lowest BCUT2D eigenvalue weighted by molar-refractivity contribution is -0.116. The van der Waals surface area contributed by atoms with Gasteiger partial charge in [0, 0.05) is 17.8 Å². The summed E-state index contributed by atoms with van der Waals surface area (Å²) in [6.07, 6.45) is 0.873. The van der Waals surface area contributed by atoms with Crippen LogP contribution >= 0.6 is 23.1 Å². The Kier molecular flexibility index (Phi) is 7.46. The second-order valence-corrected chi connectivity index (χ2v) is 9.27. The van der Waals surface area contributed by atoms with Crippen LogP contribution in [-0.2, 0) is 11.2 Å². The van der Waals surface area contributed by atoms with Crippen molar-refractivity contribution in [3.63, 3.8) is 0 Å². The monoisotopic (exact) mass is 484 g/mol. The fourth-order valence-corrected chi connectivity index (χ4v) is 5.10. The van der Waals surface area contributed by atoms with Gasteiger partial charge in [-0.3, -0.25) is 14.9 Å². The molecular weight excluding hydrogens is 460 g/mol. The second-order valence-electron chi connectivity index (χ2n) is 7.07. The number of nitrogens with one attached hydrogen (secondary N) is 1. The Morgan fingerprint density at radius 3 is 2.70 bits per heavy atom. The van der Waals surface area contributed by atoms with Gasteiger partial charge in [0.15, 0.2) is 15.8 Å². The van der Waals surface area contributed by atoms with Crippen LogP contribution in [0.3, 0.4) is 0 Å². The molecule has 1 aromatic heterocycles. The number of nitrogens with zero attached hydrogens (tertiary/aromatic N) is 3. The summed E-state index contributed by atoms with van der Waals surface area (Å²) < 4.78 is 11.7. The third kappa shape index (κ3) is 5.45. The molecule has 0 unspecified atom stereocenters. The predicted octanol–water partition coefficient (Wildman–Crippen LogP) is 4.27. The van der Waals surface area contributed by atoms with Gasteiger partial charge in [-0.2, -0.15) is 0 Å². The molecule has 33 heavy (non-hydrogen) atoms. The number of amides is 2. The summed E-state index contributed by atoms with van der Waals surface area (Å²) in [6, 6.07) is 13.0. The lowest BCUT2D eigenvalue weighted by Gasteiger charge is -2.16. The van der Waals surface area contributed by atoms with Crippen LogP contribution in [0.5, 0.6) is 11.5 Å². The summed E-state index contributed by atoms with van der Waals surface area (Å²) in [5.74, 6) is 1.08. The number of aromatic nitrogens is 2. The van der Waals surface area contributed by atoms with Gasteiger partial charge in [0.05, 0.1) is 19.0 Å². The molecule has 0 bridgehead atoms. The number of fused-ring (bicyclic) bond motifs is 1. The van der Waals surface area contributed by atoms with Gasteiger partial charge >= 0.3 is 0 Å². The third-order valence-electron chi connectivity index (χ3n) is 4.94. The molecule has 1 aliphatic heterocycles. The minimum Gasteiger partial charge on any atom is -0.490 e. The predicted molar refractivity (Wildman–Crippen MR) is 130 cm³/mol. The van der Waals surface area contributed by atoms with Crippen molar-refractivity contribution in [3.05, 3.63) is 53.6 Å². The molecular formula is C23H24N4O4S2. The number of carbonyl (C=O) groups is 2. The summed E-state index contributed by atoms with van der Waals surface area (Å²) in [4.78, 5) is 27.2. The topological polar surface area (TPSA) is 93.7 Å². The van der Waals surface area contributed by atoms with Gasteiger partial charge in [-0.25, -0.2) is 0 Å². The Bertz CT molecular complexity index is 1150. The van der Waals surface area contributed by atoms with E-state index in [1.165, 1.54) is 28.7 Å². The van der Waals surface area contributed by atoms with Crippen molar-refractivity contribution in [2.24, 2.45) is 0 Å². The molecule has 8 nitrogen and oxygen atoms in total. The van der Waals surface area contributed by atoms with Crippen molar-refractivity contribution >= 4 is 45.7 Å². The SMILES string of the molecule is CCOc1ccc(C(=O)Nc2nnc(SCC(=O)N3CCc4ccccc43)s2)cc1OCC. The van der Waals surface area contributed by atoms with Crippen molar-refractivity contribution < 1.29 is 19.1 Å². The van der Waals surface area contributed by atoms with Crippen LogP contribution in [0.1, 0.15) is 29.8 Å². The number of para-hydroxylation sites is 1. The first-order valence-electron chi connectivity index (χ1n) is 10.6. The molecule has 172 valence electrons. The molecule has 0 spiro atoms. The minimum absolute atomic E-state index is 0.0311. The minimum atomic E-state index is -0.323. The Balaban J connectivity index is 1.35. The molecule has 0 saturated carbocycles. The highest BCUT2D eigenvalue weighted by molar-refractivity contribution is 8.01. The average molecular weight is 485 g/mol. The van der Waals surface area contributed by atoms with Gasteiger partial charge in [-0.15, -0.1) is 10.2 Å². The maximum atomic E-state index is 12.7. The molecule has 1 N–H and O–H groups in total. The fraction of sp³-hybridized carbons (Fsp3) is 0.304. The lowest BCUT2D eigenvalue weighted by Crippen LogP contribution is -2.30. The van der Waals surface area contributed by atoms with E-state index >= 15 is 0 Å². The maximum Gasteiger partial charge on any atom is 0.257 e. The first-order chi connectivity index (χ1) is 16.1. The molecule has 0 saturated heterocycles. The van der Waals surface area contributed by atoms with E-state index in [4.69, 9.17) is 9.47 Å². The van der Waals surface area contributed by atoms with Crippen LogP contribution < -0.4 is 19.7 Å². The van der Waals surface area contributed by atoms with E-state index in [1.54, 1.807) is 18.2 Å². The van der Waals surface area contributed by atoms with Gasteiger partial charge in [0.1, 0.15) is 0 Å². The van der Waals surface area contributed by atoms with Crippen LogP contribution in [0, 0.1) is 0 Å². The summed E-state index contributed by atoms with van der Waals surface area (Å²) in [5, 5.41) is 11.3. The van der Waals surface area contributed by atoms with Crippen LogP contribution in [0.2, 0.25) is 0 Å². The fourth-order valence-electron chi connectivity index (χ4n) is 3.48. The summed E-state index contributed by atoms with van der Waals surface area (Å²) in [5.41, 5.74) is 2.60. The zero-order valence-electron chi connectivity index (χ0n) is 18.4. The average Bonchev–Trinajstić information content (AvgIpc) is 3.46. The Morgan fingerprint density at radius 2 is 1.88 bits per heavy atom. The number of thioether (sulfide) groups is 1. The largest absolute Gasteiger partial charge is 0.490 e. The second kappa shape index (κ2) is 10.7.